The average molecular weight is 1230 g/mol. The van der Waals surface area contributed by atoms with E-state index in [4.69, 9.17) is 0 Å². The fraction of sp³-hybridized carbons (Fsp3) is 0.405. The monoisotopic (exact) mass is 1230 g/mol. The zero-order valence-corrected chi connectivity index (χ0v) is 61.4. The largest absolute Gasteiger partial charge is 0.348 e. The summed E-state index contributed by atoms with van der Waals surface area (Å²) in [5, 5.41) is 0. The second-order valence-corrected chi connectivity index (χ2v) is 16.1. The maximum atomic E-state index is 4.29. The van der Waals surface area contributed by atoms with Crippen LogP contribution in [0.5, 0.6) is 0 Å². The number of rotatable bonds is 5. The Balaban J connectivity index is -0.000000312. The molecule has 16 heteroatoms. The lowest BCUT2D eigenvalue weighted by Crippen LogP contribution is -2.31. The minimum atomic E-state index is 0.854. The number of nitrogens with zero attached hydrogens (tertiary/aromatic N) is 16. The third-order valence-corrected chi connectivity index (χ3v) is 11.0. The van der Waals surface area contributed by atoms with Crippen molar-refractivity contribution >= 4 is 0 Å². The van der Waals surface area contributed by atoms with Gasteiger partial charge in [0.25, 0.3) is 19.0 Å². The Morgan fingerprint density at radius 2 is 0.633 bits per heavy atom. The van der Waals surface area contributed by atoms with Crippen molar-refractivity contribution in [1.82, 2.24) is 54.8 Å². The van der Waals surface area contributed by atoms with Crippen molar-refractivity contribution in [2.75, 3.05) is 0 Å². The Morgan fingerprint density at radius 3 is 1.06 bits per heavy atom. The van der Waals surface area contributed by atoms with Gasteiger partial charge in [0.1, 0.15) is 66.3 Å². The van der Waals surface area contributed by atoms with Crippen LogP contribution in [-0.2, 0) is 35.2 Å². The smallest absolute Gasteiger partial charge is 0.264 e. The first-order valence-corrected chi connectivity index (χ1v) is 32.4. The molecule has 0 fully saturated rings. The predicted molar refractivity (Wildman–Crippen MR) is 378 cm³/mol. The Bertz CT molecular complexity index is 2550. The van der Waals surface area contributed by atoms with Gasteiger partial charge in [-0.1, -0.05) is 178 Å². The van der Waals surface area contributed by atoms with E-state index in [2.05, 4.69) is 99.9 Å². The molecule has 490 valence electrons. The van der Waals surface area contributed by atoms with Crippen LogP contribution < -0.4 is 22.8 Å². The zero-order valence-electron chi connectivity index (χ0n) is 61.4. The minimum Gasteiger partial charge on any atom is -0.264 e. The highest BCUT2D eigenvalue weighted by Gasteiger charge is 2.16. The van der Waals surface area contributed by atoms with Gasteiger partial charge in [0, 0.05) is 89.8 Å². The number of aromatic nitrogens is 16. The van der Waals surface area contributed by atoms with Crippen LogP contribution in [0.1, 0.15) is 166 Å². The fourth-order valence-corrected chi connectivity index (χ4v) is 7.11. The van der Waals surface area contributed by atoms with Gasteiger partial charge in [0.15, 0.2) is 5.69 Å². The summed E-state index contributed by atoms with van der Waals surface area (Å²) in [7, 11) is 9.88. The highest BCUT2D eigenvalue weighted by Crippen LogP contribution is 2.20. The molecule has 0 aliphatic heterocycles. The van der Waals surface area contributed by atoms with E-state index in [0.29, 0.717) is 0 Å². The fourth-order valence-electron chi connectivity index (χ4n) is 7.11. The molecule has 0 saturated heterocycles. The van der Waals surface area contributed by atoms with Crippen LogP contribution in [-0.4, -0.2) is 54.8 Å². The highest BCUT2D eigenvalue weighted by molar-refractivity contribution is 5.61. The van der Waals surface area contributed by atoms with Crippen molar-refractivity contribution in [3.05, 3.63) is 207 Å². The van der Waals surface area contributed by atoms with Crippen molar-refractivity contribution in [2.24, 2.45) is 35.2 Å². The maximum absolute atomic E-state index is 4.29. The topological polar surface area (TPSA) is 161 Å². The van der Waals surface area contributed by atoms with E-state index in [1.165, 1.54) is 39.8 Å². The van der Waals surface area contributed by atoms with E-state index in [9.17, 15) is 0 Å². The molecule has 0 radical (unpaired) electrons. The lowest BCUT2D eigenvalue weighted by atomic mass is 10.1. The molecule has 10 rings (SSSR count). The Hall–Kier alpha value is -8.92. The SMILES string of the molecule is CC.CC.CC.CC.CC.CC.CC.CC.CC.CC.Cc1ccccc1-c1ccnc[n+]1C.Cc1ccncc1-c1ccnc[n+]1C.Cc1cnccc1-c1ccnc[n+]1C.Cc1cncnc1-c1nccc[n+]1C.Cc1ncncc1-c1nccc[n+]1C. The summed E-state index contributed by atoms with van der Waals surface area (Å²) in [6.45, 7) is 50.2. The van der Waals surface area contributed by atoms with Gasteiger partial charge in [-0.05, 0) is 73.4 Å². The van der Waals surface area contributed by atoms with Crippen molar-refractivity contribution in [2.45, 2.75) is 173 Å². The molecule has 0 atom stereocenters. The molecular weight excluding hydrogens is 1110 g/mol. The van der Waals surface area contributed by atoms with Gasteiger partial charge in [-0.15, -0.1) is 0 Å². The molecule has 90 heavy (non-hydrogen) atoms. The number of benzene rings is 1. The van der Waals surface area contributed by atoms with Crippen LogP contribution in [0, 0.1) is 34.6 Å². The molecule has 0 saturated carbocycles. The summed E-state index contributed by atoms with van der Waals surface area (Å²) >= 11 is 0. The summed E-state index contributed by atoms with van der Waals surface area (Å²) in [6, 6.07) is 22.2. The van der Waals surface area contributed by atoms with Crippen LogP contribution in [0.4, 0.5) is 0 Å². The molecule has 0 aliphatic rings. The summed E-state index contributed by atoms with van der Waals surface area (Å²) in [5.41, 5.74) is 14.6. The number of pyridine rings is 2. The molecule has 0 spiro atoms. The quantitative estimate of drug-likeness (QED) is 0.151. The molecule has 0 amide bonds. The van der Waals surface area contributed by atoms with Gasteiger partial charge in [0.05, 0.1) is 53.3 Å². The van der Waals surface area contributed by atoms with Crippen LogP contribution >= 0.6 is 0 Å². The van der Waals surface area contributed by atoms with E-state index in [-0.39, 0.29) is 0 Å². The maximum Gasteiger partial charge on any atom is 0.348 e. The van der Waals surface area contributed by atoms with Gasteiger partial charge in [-0.25, -0.2) is 42.8 Å². The zero-order chi connectivity index (χ0) is 69.8. The van der Waals surface area contributed by atoms with E-state index >= 15 is 0 Å². The van der Waals surface area contributed by atoms with E-state index in [0.717, 1.165) is 51.1 Å². The first-order valence-electron chi connectivity index (χ1n) is 32.4. The number of hydrogen-bond acceptors (Lipinski definition) is 11. The van der Waals surface area contributed by atoms with Crippen molar-refractivity contribution in [1.29, 1.82) is 0 Å². The minimum absolute atomic E-state index is 0.854. The van der Waals surface area contributed by atoms with Crippen LogP contribution in [0.3, 0.4) is 0 Å². The second-order valence-electron chi connectivity index (χ2n) is 16.1. The summed E-state index contributed by atoms with van der Waals surface area (Å²) in [6.07, 6.45) is 32.3. The number of hydrogen-bond donors (Lipinski definition) is 0. The van der Waals surface area contributed by atoms with Crippen molar-refractivity contribution < 1.29 is 22.8 Å². The van der Waals surface area contributed by atoms with Gasteiger partial charge in [-0.2, -0.15) is 0 Å². The van der Waals surface area contributed by atoms with E-state index in [1.54, 1.807) is 62.4 Å². The Labute approximate surface area is 547 Å². The number of aryl methyl sites for hydroxylation is 10. The summed E-state index contributed by atoms with van der Waals surface area (Å²) in [5.74, 6) is 1.73. The molecule has 0 unspecified atom stereocenters. The van der Waals surface area contributed by atoms with Gasteiger partial charge in [0.2, 0.25) is 0 Å². The predicted octanol–water partition coefficient (Wildman–Crippen LogP) is 16.0. The third kappa shape index (κ3) is 32.9. The highest BCUT2D eigenvalue weighted by atomic mass is 15.0. The first-order chi connectivity index (χ1) is 43.9. The summed E-state index contributed by atoms with van der Waals surface area (Å²) in [4.78, 5) is 45.2. The van der Waals surface area contributed by atoms with Crippen LogP contribution in [0.15, 0.2) is 179 Å². The van der Waals surface area contributed by atoms with Crippen LogP contribution in [0.2, 0.25) is 0 Å². The molecule has 1 aromatic carbocycles. The molecule has 0 bridgehead atoms. The molecule has 0 N–H and O–H groups in total. The van der Waals surface area contributed by atoms with E-state index < -0.39 is 0 Å². The van der Waals surface area contributed by atoms with Crippen molar-refractivity contribution in [3.63, 3.8) is 0 Å². The summed E-state index contributed by atoms with van der Waals surface area (Å²) < 4.78 is 9.91. The lowest BCUT2D eigenvalue weighted by molar-refractivity contribution is -0.663. The first kappa shape index (κ1) is 89.8. The van der Waals surface area contributed by atoms with Crippen molar-refractivity contribution in [3.8, 4) is 56.7 Å². The Kier molecular flexibility index (Phi) is 60.3. The van der Waals surface area contributed by atoms with Gasteiger partial charge >= 0.3 is 11.6 Å². The molecule has 9 aromatic heterocycles. The molecule has 16 nitrogen and oxygen atoms in total. The second kappa shape index (κ2) is 60.4. The normalized spacial score (nSPS) is 8.56. The average Bonchev–Trinajstić information content (AvgIpc) is 2.35. The molecule has 0 aliphatic carbocycles. The lowest BCUT2D eigenvalue weighted by Gasteiger charge is -2.04. The Morgan fingerprint density at radius 1 is 0.267 bits per heavy atom. The molecular formula is C74H119N16+5. The third-order valence-electron chi connectivity index (χ3n) is 11.0. The van der Waals surface area contributed by atoms with Gasteiger partial charge in [-0.3, -0.25) is 9.97 Å². The van der Waals surface area contributed by atoms with Crippen LogP contribution in [0.25, 0.3) is 56.7 Å². The van der Waals surface area contributed by atoms with E-state index in [1.807, 2.05) is 296 Å². The molecule has 9 heterocycles. The van der Waals surface area contributed by atoms with Gasteiger partial charge < -0.3 is 0 Å². The molecule has 10 aromatic rings. The standard InChI is InChI=1S/C12H13N2.2C11H12N3.2C10H11N4.10C2H6/c1-10-5-3-4-6-11(10)12-7-8-13-9-14(12)2;1-9-7-12-5-3-10(9)11-4-6-13-8-14(11)2;1-9-3-5-12-7-10(9)11-4-6-13-8-14(11)2;1-8-9(6-11-7-13-8)10-12-4-3-5-14(10)2;1-8-6-11-7-13-9(8)10-12-4-3-5-14(10)2;10*1-2/h3-9H,1-2H3;2*3-8H,1-2H3;2*3-7H,1-2H3;10*1-2H3/q5*+1;;;;;;;;;;.